The van der Waals surface area contributed by atoms with Crippen LogP contribution < -0.4 is 16.0 Å². The molecule has 0 aliphatic carbocycles. The van der Waals surface area contributed by atoms with Crippen molar-refractivity contribution in [3.8, 4) is 0 Å². The van der Waals surface area contributed by atoms with Gasteiger partial charge in [0.1, 0.15) is 18.2 Å². The summed E-state index contributed by atoms with van der Waals surface area (Å²) < 4.78 is 5.63. The fourth-order valence-electron chi connectivity index (χ4n) is 4.65. The zero-order chi connectivity index (χ0) is 36.9. The molecule has 0 radical (unpaired) electrons. The van der Waals surface area contributed by atoms with Crippen LogP contribution in [0, 0.1) is 16.7 Å². The maximum absolute atomic E-state index is 13.8. The van der Waals surface area contributed by atoms with E-state index in [1.54, 1.807) is 71.0 Å². The summed E-state index contributed by atoms with van der Waals surface area (Å²) in [6, 6.07) is 5.86. The number of nitrogens with one attached hydrogen (secondary N) is 3. The molecular formula is C36H53N3O8S2. The molecule has 1 aromatic carbocycles. The molecule has 49 heavy (non-hydrogen) atoms. The smallest absolute Gasteiger partial charge is 0.309 e. The van der Waals surface area contributed by atoms with Crippen molar-refractivity contribution in [2.45, 2.75) is 111 Å². The van der Waals surface area contributed by atoms with Crippen molar-refractivity contribution in [2.75, 3.05) is 11.5 Å². The minimum atomic E-state index is -1.34. The zero-order valence-electron chi connectivity index (χ0n) is 29.9. The molecule has 0 saturated carbocycles. The van der Waals surface area contributed by atoms with Crippen molar-refractivity contribution in [2.24, 2.45) is 16.7 Å². The molecular weight excluding hydrogens is 667 g/mol. The first-order valence-corrected chi connectivity index (χ1v) is 18.6. The Morgan fingerprint density at radius 2 is 1.47 bits per heavy atom. The monoisotopic (exact) mass is 719 g/mol. The average molecular weight is 720 g/mol. The van der Waals surface area contributed by atoms with Crippen molar-refractivity contribution >= 4 is 57.4 Å². The van der Waals surface area contributed by atoms with Gasteiger partial charge in [0.05, 0.1) is 25.0 Å². The maximum Gasteiger partial charge on any atom is 0.309 e. The number of carbonyl (C=O) groups is 6. The Kier molecular flexibility index (Phi) is 16.5. The number of amides is 3. The topological polar surface area (TPSA) is 168 Å². The predicted molar refractivity (Wildman–Crippen MR) is 193 cm³/mol. The molecule has 1 aromatic rings. The number of cyclic esters (lactones) is 1. The molecule has 3 amide bonds. The van der Waals surface area contributed by atoms with Crippen molar-refractivity contribution in [1.29, 1.82) is 0 Å². The number of carbonyl (C=O) groups excluding carboxylic acids is 6. The second kappa shape index (κ2) is 19.3. The molecule has 1 fully saturated rings. The summed E-state index contributed by atoms with van der Waals surface area (Å²) in [7, 11) is 0. The summed E-state index contributed by atoms with van der Waals surface area (Å²) in [5.74, 6) is -2.55. The summed E-state index contributed by atoms with van der Waals surface area (Å²) in [6.45, 7) is 14.3. The van der Waals surface area contributed by atoms with E-state index in [1.807, 2.05) is 26.8 Å². The van der Waals surface area contributed by atoms with E-state index < -0.39 is 71.3 Å². The molecule has 2 rings (SSSR count). The van der Waals surface area contributed by atoms with Crippen LogP contribution in [0.5, 0.6) is 0 Å². The molecule has 11 nitrogen and oxygen atoms in total. The van der Waals surface area contributed by atoms with Crippen LogP contribution in [0.15, 0.2) is 42.5 Å². The molecule has 0 unspecified atom stereocenters. The largest absolute Gasteiger partial charge is 0.457 e. The third kappa shape index (κ3) is 15.1. The number of hydrogen-bond acceptors (Lipinski definition) is 10. The highest BCUT2D eigenvalue weighted by atomic mass is 32.2. The van der Waals surface area contributed by atoms with E-state index in [1.165, 1.54) is 11.8 Å². The number of thioether (sulfide) groups is 2. The fourth-order valence-corrected chi connectivity index (χ4v) is 6.50. The number of aliphatic hydroxyl groups excluding tert-OH is 1. The predicted octanol–water partition coefficient (Wildman–Crippen LogP) is 3.96. The van der Waals surface area contributed by atoms with Gasteiger partial charge in [0.25, 0.3) is 0 Å². The first-order chi connectivity index (χ1) is 22.8. The van der Waals surface area contributed by atoms with Crippen LogP contribution in [0.1, 0.15) is 80.2 Å². The van der Waals surface area contributed by atoms with Crippen LogP contribution in [-0.2, 0) is 39.9 Å². The molecule has 5 atom stereocenters. The Bertz CT molecular complexity index is 1340. The Morgan fingerprint density at radius 3 is 2.06 bits per heavy atom. The Hall–Kier alpha value is -3.16. The molecule has 272 valence electrons. The van der Waals surface area contributed by atoms with Gasteiger partial charge in [-0.25, -0.2) is 0 Å². The number of ether oxygens (including phenoxy) is 1. The lowest BCUT2D eigenvalue weighted by molar-refractivity contribution is -0.151. The molecule has 13 heteroatoms. The van der Waals surface area contributed by atoms with Gasteiger partial charge in [-0.3, -0.25) is 28.8 Å². The minimum Gasteiger partial charge on any atom is -0.457 e. The molecule has 0 spiro atoms. The van der Waals surface area contributed by atoms with E-state index >= 15 is 0 Å². The second-order valence-electron chi connectivity index (χ2n) is 14.6. The third-order valence-electron chi connectivity index (χ3n) is 7.53. The van der Waals surface area contributed by atoms with Gasteiger partial charge < -0.3 is 25.8 Å². The van der Waals surface area contributed by atoms with E-state index in [0.29, 0.717) is 12.2 Å². The summed E-state index contributed by atoms with van der Waals surface area (Å²) in [4.78, 5) is 79.0. The molecule has 0 aromatic heterocycles. The molecule has 1 saturated heterocycles. The molecule has 1 aliphatic rings. The lowest BCUT2D eigenvalue weighted by atomic mass is 9.96. The number of hydrogen-bond donors (Lipinski definition) is 4. The number of allylic oxidation sites excluding steroid dienone is 1. The van der Waals surface area contributed by atoms with Crippen molar-refractivity contribution in [3.05, 3.63) is 48.0 Å². The Morgan fingerprint density at radius 1 is 0.878 bits per heavy atom. The Labute approximate surface area is 298 Å². The van der Waals surface area contributed by atoms with Gasteiger partial charge in [0.2, 0.25) is 17.7 Å². The van der Waals surface area contributed by atoms with E-state index in [-0.39, 0.29) is 34.7 Å². The van der Waals surface area contributed by atoms with Gasteiger partial charge in [0.15, 0.2) is 10.2 Å². The molecule has 4 N–H and O–H groups in total. The highest BCUT2D eigenvalue weighted by Crippen LogP contribution is 2.25. The second-order valence-corrected chi connectivity index (χ2v) is 16.7. The quantitative estimate of drug-likeness (QED) is 0.167. The maximum atomic E-state index is 13.8. The van der Waals surface area contributed by atoms with Crippen LogP contribution in [-0.4, -0.2) is 80.9 Å². The number of aliphatic hydroxyl groups is 1. The summed E-state index contributed by atoms with van der Waals surface area (Å²) in [5, 5.41) is 19.2. The summed E-state index contributed by atoms with van der Waals surface area (Å²) >= 11 is 2.11. The van der Waals surface area contributed by atoms with E-state index in [9.17, 15) is 33.9 Å². The van der Waals surface area contributed by atoms with Crippen LogP contribution in [0.25, 0.3) is 0 Å². The summed E-state index contributed by atoms with van der Waals surface area (Å²) in [5.41, 5.74) is -0.419. The van der Waals surface area contributed by atoms with Crippen molar-refractivity contribution in [1.82, 2.24) is 16.0 Å². The highest BCUT2D eigenvalue weighted by Gasteiger charge is 2.34. The third-order valence-corrected chi connectivity index (χ3v) is 10.2. The first-order valence-electron chi connectivity index (χ1n) is 16.6. The number of esters is 1. The van der Waals surface area contributed by atoms with Crippen LogP contribution >= 0.6 is 23.5 Å². The molecule has 0 bridgehead atoms. The SMILES string of the molecule is CC(C)[C@H]1NC(=O)[C@@H](CSC(=O)C(C)(C)C)NC(=O)[C@@H](Cc2ccccc2)NC(=O)C[C@@H](C=CCCSC(=O)C(C)(C)C)OC(=O)C[C@@H]1O. The first kappa shape index (κ1) is 42.0. The van der Waals surface area contributed by atoms with Gasteiger partial charge >= 0.3 is 5.97 Å². The Balaban J connectivity index is 2.42. The standard InChI is InChI=1S/C36H53N3O8S2/c1-22(2)30-27(40)20-29(42)47-24(16-12-13-17-48-33(45)35(3,4)5)19-28(41)37-25(18-23-14-10-9-11-15-23)31(43)38-26(32(44)39-30)21-49-34(46)36(6,7)8/h9-12,14-16,22,24-27,30,40H,13,17-21H2,1-8H3,(H,37,41)(H,38,43)(H,39,44)/t24-,25-,26-,27+,30-/m1/s1. The van der Waals surface area contributed by atoms with Crippen molar-refractivity contribution in [3.63, 3.8) is 0 Å². The van der Waals surface area contributed by atoms with Gasteiger partial charge in [-0.1, -0.05) is 115 Å². The molecule has 1 heterocycles. The van der Waals surface area contributed by atoms with Gasteiger partial charge in [-0.15, -0.1) is 0 Å². The lowest BCUT2D eigenvalue weighted by Crippen LogP contribution is -2.58. The van der Waals surface area contributed by atoms with E-state index in [0.717, 1.165) is 17.3 Å². The normalized spacial score (nSPS) is 23.6. The van der Waals surface area contributed by atoms with Crippen LogP contribution in [0.3, 0.4) is 0 Å². The fraction of sp³-hybridized carbons (Fsp3) is 0.611. The number of benzene rings is 1. The summed E-state index contributed by atoms with van der Waals surface area (Å²) in [6.07, 6.45) is 0.739. The highest BCUT2D eigenvalue weighted by molar-refractivity contribution is 8.14. The van der Waals surface area contributed by atoms with Gasteiger partial charge in [-0.2, -0.15) is 0 Å². The van der Waals surface area contributed by atoms with E-state index in [2.05, 4.69) is 16.0 Å². The number of rotatable bonds is 9. The van der Waals surface area contributed by atoms with Crippen LogP contribution in [0.2, 0.25) is 0 Å². The van der Waals surface area contributed by atoms with Crippen LogP contribution in [0.4, 0.5) is 0 Å². The molecule has 1 aliphatic heterocycles. The zero-order valence-corrected chi connectivity index (χ0v) is 31.5. The minimum absolute atomic E-state index is 0.0470. The van der Waals surface area contributed by atoms with E-state index in [4.69, 9.17) is 4.74 Å². The average Bonchev–Trinajstić information content (AvgIpc) is 2.99. The van der Waals surface area contributed by atoms with Crippen molar-refractivity contribution < 1.29 is 38.6 Å². The van der Waals surface area contributed by atoms with Gasteiger partial charge in [0, 0.05) is 28.8 Å². The van der Waals surface area contributed by atoms with Gasteiger partial charge in [-0.05, 0) is 24.0 Å². The lowest BCUT2D eigenvalue weighted by Gasteiger charge is -2.30.